The van der Waals surface area contributed by atoms with Crippen LogP contribution in [0.15, 0.2) is 12.3 Å². The Bertz CT molecular complexity index is 325. The van der Waals surface area contributed by atoms with Crippen LogP contribution in [0.3, 0.4) is 0 Å². The number of nitrogens with two attached hydrogens (primary N) is 1. The zero-order valence-electron chi connectivity index (χ0n) is 9.07. The van der Waals surface area contributed by atoms with Gasteiger partial charge in [0.2, 0.25) is 0 Å². The molecule has 0 saturated carbocycles. The number of hydrogen-bond donors (Lipinski definition) is 1. The zero-order valence-corrected chi connectivity index (χ0v) is 9.07. The number of rotatable bonds is 6. The van der Waals surface area contributed by atoms with E-state index in [2.05, 4.69) is 17.1 Å². The van der Waals surface area contributed by atoms with Gasteiger partial charge in [-0.1, -0.05) is 26.2 Å². The second-order valence-electron chi connectivity index (χ2n) is 3.58. The number of carbonyl (C=O) groups excluding carboxylic acids is 1. The number of hydrogen-bond acceptors (Lipinski definition) is 3. The van der Waals surface area contributed by atoms with Gasteiger partial charge in [0.1, 0.15) is 0 Å². The molecule has 0 radical (unpaired) electrons. The second kappa shape index (κ2) is 6.11. The van der Waals surface area contributed by atoms with Crippen molar-refractivity contribution in [1.29, 1.82) is 0 Å². The Morgan fingerprint density at radius 1 is 1.40 bits per heavy atom. The predicted octanol–water partition coefficient (Wildman–Crippen LogP) is 1.70. The Balaban J connectivity index is 2.56. The maximum Gasteiger partial charge on any atom is 0.269 e. The van der Waals surface area contributed by atoms with Gasteiger partial charge in [-0.3, -0.25) is 4.79 Å². The van der Waals surface area contributed by atoms with Gasteiger partial charge in [0.05, 0.1) is 0 Å². The zero-order chi connectivity index (χ0) is 11.1. The molecule has 2 N–H and O–H groups in total. The lowest BCUT2D eigenvalue weighted by molar-refractivity contribution is 0.0993. The Kier molecular flexibility index (Phi) is 4.74. The number of nitrogens with zero attached hydrogens (tertiary/aromatic N) is 2. The van der Waals surface area contributed by atoms with Crippen molar-refractivity contribution in [2.75, 3.05) is 0 Å². The number of unbranched alkanes of at least 4 members (excludes halogenated alkanes) is 3. The summed E-state index contributed by atoms with van der Waals surface area (Å²) in [6.07, 6.45) is 7.13. The fourth-order valence-corrected chi connectivity index (χ4v) is 1.51. The number of primary amides is 1. The summed E-state index contributed by atoms with van der Waals surface area (Å²) in [5.74, 6) is -0.492. The first-order valence-electron chi connectivity index (χ1n) is 5.36. The molecular formula is C11H17N3O. The smallest absolute Gasteiger partial charge is 0.269 e. The fraction of sp³-hybridized carbons (Fsp3) is 0.545. The van der Waals surface area contributed by atoms with Crippen LogP contribution in [0.5, 0.6) is 0 Å². The van der Waals surface area contributed by atoms with Crippen molar-refractivity contribution < 1.29 is 4.79 Å². The van der Waals surface area contributed by atoms with Gasteiger partial charge in [0, 0.05) is 6.20 Å². The van der Waals surface area contributed by atoms with Crippen molar-refractivity contribution in [3.63, 3.8) is 0 Å². The van der Waals surface area contributed by atoms with Gasteiger partial charge in [-0.15, -0.1) is 5.10 Å². The summed E-state index contributed by atoms with van der Waals surface area (Å²) in [6.45, 7) is 2.17. The van der Waals surface area contributed by atoms with Crippen LogP contribution in [-0.4, -0.2) is 16.1 Å². The molecule has 0 atom stereocenters. The maximum atomic E-state index is 11.0. The summed E-state index contributed by atoms with van der Waals surface area (Å²) in [6, 6.07) is 1.82. The lowest BCUT2D eigenvalue weighted by Crippen LogP contribution is -2.16. The molecule has 0 fully saturated rings. The molecular weight excluding hydrogens is 190 g/mol. The molecule has 0 saturated heterocycles. The van der Waals surface area contributed by atoms with Gasteiger partial charge >= 0.3 is 0 Å². The molecule has 1 rings (SSSR count). The SMILES string of the molecule is CCCCCCc1ccnnc1C(N)=O. The first kappa shape index (κ1) is 11.6. The molecule has 4 heteroatoms. The summed E-state index contributed by atoms with van der Waals surface area (Å²) in [4.78, 5) is 11.0. The fourth-order valence-electron chi connectivity index (χ4n) is 1.51. The lowest BCUT2D eigenvalue weighted by Gasteiger charge is -2.03. The van der Waals surface area contributed by atoms with E-state index in [0.29, 0.717) is 5.69 Å². The molecule has 1 aromatic rings. The van der Waals surface area contributed by atoms with Gasteiger partial charge in [-0.25, -0.2) is 0 Å². The highest BCUT2D eigenvalue weighted by molar-refractivity contribution is 5.92. The Morgan fingerprint density at radius 3 is 2.87 bits per heavy atom. The van der Waals surface area contributed by atoms with E-state index in [1.54, 1.807) is 6.20 Å². The van der Waals surface area contributed by atoms with Crippen LogP contribution < -0.4 is 5.73 Å². The van der Waals surface area contributed by atoms with E-state index >= 15 is 0 Å². The molecule has 82 valence electrons. The molecule has 1 amide bonds. The molecule has 0 bridgehead atoms. The third kappa shape index (κ3) is 3.65. The van der Waals surface area contributed by atoms with Crippen LogP contribution in [0.25, 0.3) is 0 Å². The van der Waals surface area contributed by atoms with Crippen LogP contribution in [0.4, 0.5) is 0 Å². The number of aromatic nitrogens is 2. The maximum absolute atomic E-state index is 11.0. The van der Waals surface area contributed by atoms with E-state index in [-0.39, 0.29) is 0 Å². The minimum absolute atomic E-state index is 0.314. The largest absolute Gasteiger partial charge is 0.364 e. The van der Waals surface area contributed by atoms with E-state index < -0.39 is 5.91 Å². The lowest BCUT2D eigenvalue weighted by atomic mass is 10.1. The molecule has 0 aliphatic rings. The van der Waals surface area contributed by atoms with Crippen LogP contribution in [0.2, 0.25) is 0 Å². The molecule has 0 aromatic carbocycles. The number of carbonyl (C=O) groups is 1. The minimum atomic E-state index is -0.492. The summed E-state index contributed by atoms with van der Waals surface area (Å²) in [5.41, 5.74) is 6.43. The molecule has 0 spiro atoms. The van der Waals surface area contributed by atoms with Gasteiger partial charge in [-0.2, -0.15) is 5.10 Å². The molecule has 1 aromatic heterocycles. The van der Waals surface area contributed by atoms with E-state index in [9.17, 15) is 4.79 Å². The standard InChI is InChI=1S/C11H17N3O/c1-2-3-4-5-6-9-7-8-13-14-10(9)11(12)15/h7-8H,2-6H2,1H3,(H2,12,15). The normalized spacial score (nSPS) is 10.2. The minimum Gasteiger partial charge on any atom is -0.364 e. The van der Waals surface area contributed by atoms with Gasteiger partial charge < -0.3 is 5.73 Å². The predicted molar refractivity (Wildman–Crippen MR) is 58.4 cm³/mol. The average Bonchev–Trinajstić information content (AvgIpc) is 2.25. The van der Waals surface area contributed by atoms with E-state index in [1.807, 2.05) is 6.07 Å². The summed E-state index contributed by atoms with van der Waals surface area (Å²) < 4.78 is 0. The quantitative estimate of drug-likeness (QED) is 0.722. The molecule has 0 aliphatic heterocycles. The topological polar surface area (TPSA) is 68.9 Å². The molecule has 0 unspecified atom stereocenters. The third-order valence-corrected chi connectivity index (χ3v) is 2.34. The Labute approximate surface area is 89.9 Å². The van der Waals surface area contributed by atoms with E-state index in [4.69, 9.17) is 5.73 Å². The van der Waals surface area contributed by atoms with Crippen LogP contribution in [-0.2, 0) is 6.42 Å². The van der Waals surface area contributed by atoms with Crippen LogP contribution in [0, 0.1) is 0 Å². The molecule has 0 aliphatic carbocycles. The molecule has 1 heterocycles. The highest BCUT2D eigenvalue weighted by atomic mass is 16.1. The highest BCUT2D eigenvalue weighted by Crippen LogP contribution is 2.09. The van der Waals surface area contributed by atoms with Crippen molar-refractivity contribution in [3.05, 3.63) is 23.5 Å². The molecule has 15 heavy (non-hydrogen) atoms. The second-order valence-corrected chi connectivity index (χ2v) is 3.58. The van der Waals surface area contributed by atoms with Crippen molar-refractivity contribution in [2.24, 2.45) is 5.73 Å². The van der Waals surface area contributed by atoms with Crippen molar-refractivity contribution in [1.82, 2.24) is 10.2 Å². The van der Waals surface area contributed by atoms with Crippen molar-refractivity contribution in [2.45, 2.75) is 39.0 Å². The first-order valence-corrected chi connectivity index (χ1v) is 5.36. The summed E-state index contributed by atoms with van der Waals surface area (Å²) >= 11 is 0. The summed E-state index contributed by atoms with van der Waals surface area (Å²) in [5, 5.41) is 7.41. The average molecular weight is 207 g/mol. The van der Waals surface area contributed by atoms with Gasteiger partial charge in [0.15, 0.2) is 5.69 Å². The summed E-state index contributed by atoms with van der Waals surface area (Å²) in [7, 11) is 0. The number of amides is 1. The number of aryl methyl sites for hydroxylation is 1. The van der Waals surface area contributed by atoms with Gasteiger partial charge in [0.25, 0.3) is 5.91 Å². The third-order valence-electron chi connectivity index (χ3n) is 2.34. The van der Waals surface area contributed by atoms with E-state index in [1.165, 1.54) is 19.3 Å². The van der Waals surface area contributed by atoms with Crippen molar-refractivity contribution in [3.8, 4) is 0 Å². The highest BCUT2D eigenvalue weighted by Gasteiger charge is 2.08. The Morgan fingerprint density at radius 2 is 2.20 bits per heavy atom. The monoisotopic (exact) mass is 207 g/mol. The van der Waals surface area contributed by atoms with Crippen LogP contribution in [0.1, 0.15) is 48.7 Å². The van der Waals surface area contributed by atoms with E-state index in [0.717, 1.165) is 18.4 Å². The van der Waals surface area contributed by atoms with Crippen molar-refractivity contribution >= 4 is 5.91 Å². The first-order chi connectivity index (χ1) is 7.25. The van der Waals surface area contributed by atoms with Gasteiger partial charge in [-0.05, 0) is 24.5 Å². The van der Waals surface area contributed by atoms with Crippen LogP contribution >= 0.6 is 0 Å². The molecule has 4 nitrogen and oxygen atoms in total. The Hall–Kier alpha value is -1.45.